The fourth-order valence-electron chi connectivity index (χ4n) is 1.08. The smallest absolute Gasteiger partial charge is 0.281 e. The van der Waals surface area contributed by atoms with Crippen molar-refractivity contribution in [3.8, 4) is 6.07 Å². The van der Waals surface area contributed by atoms with Gasteiger partial charge >= 0.3 is 0 Å². The van der Waals surface area contributed by atoms with Crippen LogP contribution in [0, 0.1) is 11.3 Å². The van der Waals surface area contributed by atoms with Gasteiger partial charge in [-0.15, -0.1) is 11.6 Å². The van der Waals surface area contributed by atoms with Crippen LogP contribution in [0.4, 0.5) is 8.78 Å². The van der Waals surface area contributed by atoms with Gasteiger partial charge in [-0.25, -0.2) is 13.8 Å². The van der Waals surface area contributed by atoms with Gasteiger partial charge in [0, 0.05) is 0 Å². The van der Waals surface area contributed by atoms with E-state index >= 15 is 0 Å². The van der Waals surface area contributed by atoms with Crippen LogP contribution < -0.4 is 0 Å². The Morgan fingerprint density at radius 1 is 1.67 bits per heavy atom. The number of hydrogen-bond donors (Lipinski definition) is 0. The first-order valence-corrected chi connectivity index (χ1v) is 4.40. The molecule has 1 aromatic rings. The molecule has 0 unspecified atom stereocenters. The van der Waals surface area contributed by atoms with Gasteiger partial charge in [-0.2, -0.15) is 5.26 Å². The normalized spacial score (nSPS) is 10.1. The van der Waals surface area contributed by atoms with E-state index in [0.29, 0.717) is 0 Å². The Kier molecular flexibility index (Phi) is 3.69. The predicted molar refractivity (Wildman–Crippen MR) is 48.9 cm³/mol. The number of rotatable bonds is 3. The van der Waals surface area contributed by atoms with Crippen LogP contribution >= 0.6 is 11.6 Å². The van der Waals surface area contributed by atoms with Crippen LogP contribution in [-0.4, -0.2) is 11.3 Å². The molecule has 0 aromatic carbocycles. The van der Waals surface area contributed by atoms with Crippen molar-refractivity contribution < 1.29 is 13.6 Å². The highest BCUT2D eigenvalue weighted by Gasteiger charge is 2.19. The van der Waals surface area contributed by atoms with Crippen molar-refractivity contribution in [2.45, 2.75) is 12.3 Å². The summed E-state index contributed by atoms with van der Waals surface area (Å²) in [5, 5.41) is 8.65. The Balaban J connectivity index is 3.47. The molecule has 1 rings (SSSR count). The number of alkyl halides is 3. The van der Waals surface area contributed by atoms with Crippen molar-refractivity contribution in [3.05, 3.63) is 28.6 Å². The minimum Gasteiger partial charge on any atom is -0.298 e. The summed E-state index contributed by atoms with van der Waals surface area (Å²) in [7, 11) is 0. The van der Waals surface area contributed by atoms with Crippen LogP contribution in [0.1, 0.15) is 33.7 Å². The van der Waals surface area contributed by atoms with Gasteiger partial charge in [-0.3, -0.25) is 4.79 Å². The monoisotopic (exact) mass is 230 g/mol. The summed E-state index contributed by atoms with van der Waals surface area (Å²) in [6.45, 7) is 0. The Labute approximate surface area is 89.3 Å². The van der Waals surface area contributed by atoms with Gasteiger partial charge in [-0.05, 0) is 6.07 Å². The lowest BCUT2D eigenvalue weighted by atomic mass is 10.1. The maximum atomic E-state index is 12.5. The molecule has 0 aliphatic carbocycles. The summed E-state index contributed by atoms with van der Waals surface area (Å²) in [6.07, 6.45) is -2.70. The molecule has 0 N–H and O–H groups in total. The van der Waals surface area contributed by atoms with E-state index < -0.39 is 12.1 Å². The number of carbonyl (C=O) groups excluding carboxylic acids is 1. The third kappa shape index (κ3) is 2.28. The molecule has 1 heterocycles. The molecule has 1 aromatic heterocycles. The number of nitriles is 1. The molecule has 6 heteroatoms. The molecule has 15 heavy (non-hydrogen) atoms. The number of hydrogen-bond acceptors (Lipinski definition) is 3. The average Bonchev–Trinajstić information content (AvgIpc) is 2.26. The van der Waals surface area contributed by atoms with E-state index in [1.165, 1.54) is 6.07 Å². The van der Waals surface area contributed by atoms with E-state index in [9.17, 15) is 13.6 Å². The van der Waals surface area contributed by atoms with E-state index in [0.717, 1.165) is 0 Å². The van der Waals surface area contributed by atoms with Crippen LogP contribution in [0.25, 0.3) is 0 Å². The number of pyridine rings is 1. The van der Waals surface area contributed by atoms with Crippen LogP contribution in [0.2, 0.25) is 0 Å². The van der Waals surface area contributed by atoms with Gasteiger partial charge in [0.15, 0.2) is 6.29 Å². The molecular formula is C9H5ClF2N2O. The summed E-state index contributed by atoms with van der Waals surface area (Å²) >= 11 is 5.42. The zero-order valence-corrected chi connectivity index (χ0v) is 8.13. The van der Waals surface area contributed by atoms with Crippen molar-refractivity contribution >= 4 is 17.9 Å². The Morgan fingerprint density at radius 2 is 2.33 bits per heavy atom. The maximum absolute atomic E-state index is 12.5. The first-order valence-electron chi connectivity index (χ1n) is 3.87. The van der Waals surface area contributed by atoms with Crippen molar-refractivity contribution in [1.29, 1.82) is 5.26 Å². The zero-order valence-electron chi connectivity index (χ0n) is 7.38. The van der Waals surface area contributed by atoms with Crippen molar-refractivity contribution in [1.82, 2.24) is 4.98 Å². The van der Waals surface area contributed by atoms with Crippen LogP contribution in [0.15, 0.2) is 6.07 Å². The second-order valence-electron chi connectivity index (χ2n) is 2.62. The lowest BCUT2D eigenvalue weighted by Gasteiger charge is -2.06. The van der Waals surface area contributed by atoms with E-state index in [1.807, 2.05) is 0 Å². The van der Waals surface area contributed by atoms with Gasteiger partial charge in [0.1, 0.15) is 11.8 Å². The van der Waals surface area contributed by atoms with Crippen LogP contribution in [0.3, 0.4) is 0 Å². The van der Waals surface area contributed by atoms with Crippen molar-refractivity contribution in [3.63, 3.8) is 0 Å². The standard InChI is InChI=1S/C9H5ClF2N2O/c10-2-6-1-5(3-13)7(4-15)8(14-6)9(11)12/h1,4,9H,2H2. The minimum atomic E-state index is -2.90. The van der Waals surface area contributed by atoms with E-state index in [-0.39, 0.29) is 29.0 Å². The van der Waals surface area contributed by atoms with Crippen molar-refractivity contribution in [2.24, 2.45) is 0 Å². The molecule has 0 atom stereocenters. The SMILES string of the molecule is N#Cc1cc(CCl)nc(C(F)F)c1C=O. The Hall–Kier alpha value is -1.54. The first kappa shape index (κ1) is 11.5. The fourth-order valence-corrected chi connectivity index (χ4v) is 1.22. The van der Waals surface area contributed by atoms with E-state index in [2.05, 4.69) is 4.98 Å². The molecule has 0 saturated heterocycles. The van der Waals surface area contributed by atoms with Crippen LogP contribution in [-0.2, 0) is 5.88 Å². The fraction of sp³-hybridized carbons (Fsp3) is 0.222. The Morgan fingerprint density at radius 3 is 2.73 bits per heavy atom. The molecular weight excluding hydrogens is 226 g/mol. The number of carbonyl (C=O) groups is 1. The first-order chi connectivity index (χ1) is 7.13. The van der Waals surface area contributed by atoms with Gasteiger partial charge in [-0.1, -0.05) is 0 Å². The second-order valence-corrected chi connectivity index (χ2v) is 2.89. The molecule has 0 bridgehead atoms. The summed E-state index contributed by atoms with van der Waals surface area (Å²) in [4.78, 5) is 14.1. The average molecular weight is 231 g/mol. The number of halogens is 3. The summed E-state index contributed by atoms with van der Waals surface area (Å²) in [5.41, 5.74) is -1.05. The predicted octanol–water partition coefficient (Wildman–Crippen LogP) is 2.44. The highest BCUT2D eigenvalue weighted by atomic mass is 35.5. The minimum absolute atomic E-state index is 0.0897. The molecule has 0 aliphatic heterocycles. The molecule has 78 valence electrons. The molecule has 0 saturated carbocycles. The largest absolute Gasteiger partial charge is 0.298 e. The summed E-state index contributed by atoms with van der Waals surface area (Å²) in [6, 6.07) is 2.88. The molecule has 0 spiro atoms. The number of nitrogens with zero attached hydrogens (tertiary/aromatic N) is 2. The zero-order chi connectivity index (χ0) is 11.4. The third-order valence-electron chi connectivity index (χ3n) is 1.72. The van der Waals surface area contributed by atoms with Crippen LogP contribution in [0.5, 0.6) is 0 Å². The number of aromatic nitrogens is 1. The van der Waals surface area contributed by atoms with Gasteiger partial charge < -0.3 is 0 Å². The Bertz CT molecular complexity index is 429. The quantitative estimate of drug-likeness (QED) is 0.592. The second kappa shape index (κ2) is 4.80. The highest BCUT2D eigenvalue weighted by Crippen LogP contribution is 2.23. The lowest BCUT2D eigenvalue weighted by molar-refractivity contribution is 0.110. The van der Waals surface area contributed by atoms with E-state index in [4.69, 9.17) is 16.9 Å². The summed E-state index contributed by atoms with van der Waals surface area (Å²) < 4.78 is 24.9. The molecule has 0 amide bonds. The van der Waals surface area contributed by atoms with Gasteiger partial charge in [0.2, 0.25) is 0 Å². The highest BCUT2D eigenvalue weighted by molar-refractivity contribution is 6.16. The number of aldehydes is 1. The maximum Gasteiger partial charge on any atom is 0.281 e. The summed E-state index contributed by atoms with van der Waals surface area (Å²) in [5.74, 6) is -0.0897. The lowest BCUT2D eigenvalue weighted by Crippen LogP contribution is -2.03. The molecule has 3 nitrogen and oxygen atoms in total. The van der Waals surface area contributed by atoms with E-state index in [1.54, 1.807) is 6.07 Å². The molecule has 0 radical (unpaired) electrons. The molecule has 0 fully saturated rings. The van der Waals surface area contributed by atoms with Gasteiger partial charge in [0.05, 0.1) is 22.7 Å². The third-order valence-corrected chi connectivity index (χ3v) is 2.00. The topological polar surface area (TPSA) is 53.8 Å². The van der Waals surface area contributed by atoms with Gasteiger partial charge in [0.25, 0.3) is 6.43 Å². The van der Waals surface area contributed by atoms with Crippen molar-refractivity contribution in [2.75, 3.05) is 0 Å². The molecule has 0 aliphatic rings.